The zero-order valence-electron chi connectivity index (χ0n) is 12.6. The van der Waals surface area contributed by atoms with Gasteiger partial charge in [-0.2, -0.15) is 0 Å². The SMILES string of the molecule is Cc1csc(=Nc2ccc(Cl)c(Cl)c2)n1CCCn1ccnc1. The van der Waals surface area contributed by atoms with Crippen molar-refractivity contribution in [2.24, 2.45) is 4.99 Å². The molecule has 23 heavy (non-hydrogen) atoms. The molecule has 0 amide bonds. The zero-order chi connectivity index (χ0) is 16.2. The summed E-state index contributed by atoms with van der Waals surface area (Å²) in [7, 11) is 0. The number of thiazole rings is 1. The van der Waals surface area contributed by atoms with Gasteiger partial charge in [0.05, 0.1) is 22.1 Å². The third kappa shape index (κ3) is 4.05. The zero-order valence-corrected chi connectivity index (χ0v) is 14.9. The lowest BCUT2D eigenvalue weighted by atomic mass is 10.3. The van der Waals surface area contributed by atoms with Crippen LogP contribution in [0.2, 0.25) is 10.0 Å². The highest BCUT2D eigenvalue weighted by Crippen LogP contribution is 2.26. The van der Waals surface area contributed by atoms with E-state index in [1.165, 1.54) is 5.69 Å². The lowest BCUT2D eigenvalue weighted by Gasteiger charge is -2.07. The van der Waals surface area contributed by atoms with Crippen molar-refractivity contribution in [3.63, 3.8) is 0 Å². The fourth-order valence-corrected chi connectivity index (χ4v) is 3.49. The van der Waals surface area contributed by atoms with Gasteiger partial charge in [-0.3, -0.25) is 0 Å². The summed E-state index contributed by atoms with van der Waals surface area (Å²) >= 11 is 13.6. The largest absolute Gasteiger partial charge is 0.337 e. The average molecular weight is 367 g/mol. The molecule has 0 aliphatic carbocycles. The number of aryl methyl sites for hydroxylation is 2. The summed E-state index contributed by atoms with van der Waals surface area (Å²) in [5, 5.41) is 3.18. The van der Waals surface area contributed by atoms with Gasteiger partial charge in [0, 0.05) is 36.6 Å². The smallest absolute Gasteiger partial charge is 0.190 e. The van der Waals surface area contributed by atoms with Crippen LogP contribution in [0.3, 0.4) is 0 Å². The van der Waals surface area contributed by atoms with Gasteiger partial charge in [-0.05, 0) is 31.5 Å². The second-order valence-corrected chi connectivity index (χ2v) is 6.83. The van der Waals surface area contributed by atoms with E-state index < -0.39 is 0 Å². The van der Waals surface area contributed by atoms with E-state index >= 15 is 0 Å². The van der Waals surface area contributed by atoms with E-state index in [4.69, 9.17) is 28.2 Å². The Hall–Kier alpha value is -1.56. The molecule has 0 saturated heterocycles. The molecule has 0 bridgehead atoms. The normalized spacial score (nSPS) is 12.0. The van der Waals surface area contributed by atoms with Crippen molar-refractivity contribution >= 4 is 40.2 Å². The van der Waals surface area contributed by atoms with Crippen molar-refractivity contribution in [1.82, 2.24) is 14.1 Å². The van der Waals surface area contributed by atoms with E-state index in [1.54, 1.807) is 29.7 Å². The lowest BCUT2D eigenvalue weighted by molar-refractivity contribution is 0.548. The summed E-state index contributed by atoms with van der Waals surface area (Å²) in [4.78, 5) is 9.72. The Morgan fingerprint density at radius 2 is 2.09 bits per heavy atom. The van der Waals surface area contributed by atoms with Crippen LogP contribution in [0.25, 0.3) is 0 Å². The first kappa shape index (κ1) is 16.3. The molecule has 2 aromatic heterocycles. The monoisotopic (exact) mass is 366 g/mol. The highest BCUT2D eigenvalue weighted by atomic mass is 35.5. The number of nitrogens with zero attached hydrogens (tertiary/aromatic N) is 4. The van der Waals surface area contributed by atoms with Crippen LogP contribution in [0.15, 0.2) is 47.3 Å². The number of benzene rings is 1. The molecule has 0 aliphatic rings. The predicted molar refractivity (Wildman–Crippen MR) is 95.6 cm³/mol. The van der Waals surface area contributed by atoms with E-state index in [9.17, 15) is 0 Å². The molecule has 0 atom stereocenters. The van der Waals surface area contributed by atoms with Crippen LogP contribution in [-0.4, -0.2) is 14.1 Å². The van der Waals surface area contributed by atoms with E-state index in [0.717, 1.165) is 30.0 Å². The minimum atomic E-state index is 0.521. The van der Waals surface area contributed by atoms with Crippen molar-refractivity contribution in [1.29, 1.82) is 0 Å². The number of aromatic nitrogens is 3. The summed E-state index contributed by atoms with van der Waals surface area (Å²) < 4.78 is 4.31. The van der Waals surface area contributed by atoms with E-state index in [-0.39, 0.29) is 0 Å². The van der Waals surface area contributed by atoms with Gasteiger partial charge in [0.25, 0.3) is 0 Å². The van der Waals surface area contributed by atoms with Gasteiger partial charge in [0.2, 0.25) is 0 Å². The Morgan fingerprint density at radius 3 is 2.83 bits per heavy atom. The van der Waals surface area contributed by atoms with Crippen molar-refractivity contribution in [3.8, 4) is 0 Å². The molecule has 3 rings (SSSR count). The Bertz CT molecular complexity index is 849. The van der Waals surface area contributed by atoms with Crippen LogP contribution in [0, 0.1) is 6.92 Å². The van der Waals surface area contributed by atoms with Crippen LogP contribution in [0.5, 0.6) is 0 Å². The van der Waals surface area contributed by atoms with Crippen molar-refractivity contribution < 1.29 is 0 Å². The molecular weight excluding hydrogens is 351 g/mol. The second kappa shape index (κ2) is 7.34. The van der Waals surface area contributed by atoms with E-state index in [2.05, 4.69) is 26.4 Å². The van der Waals surface area contributed by atoms with Gasteiger partial charge in [-0.1, -0.05) is 23.2 Å². The number of halogens is 2. The van der Waals surface area contributed by atoms with Crippen molar-refractivity contribution in [2.75, 3.05) is 0 Å². The molecule has 0 saturated carbocycles. The number of rotatable bonds is 5. The summed E-state index contributed by atoms with van der Waals surface area (Å²) in [6.45, 7) is 3.95. The molecule has 3 aromatic rings. The highest BCUT2D eigenvalue weighted by molar-refractivity contribution is 7.07. The maximum absolute atomic E-state index is 6.06. The first-order valence-electron chi connectivity index (χ1n) is 7.24. The Morgan fingerprint density at radius 1 is 1.22 bits per heavy atom. The molecule has 4 nitrogen and oxygen atoms in total. The van der Waals surface area contributed by atoms with Crippen molar-refractivity contribution in [2.45, 2.75) is 26.4 Å². The number of imidazole rings is 1. The van der Waals surface area contributed by atoms with Gasteiger partial charge in [-0.15, -0.1) is 11.3 Å². The highest BCUT2D eigenvalue weighted by Gasteiger charge is 2.03. The van der Waals surface area contributed by atoms with Crippen molar-refractivity contribution in [3.05, 3.63) is 62.8 Å². The fraction of sp³-hybridized carbons (Fsp3) is 0.250. The Balaban J connectivity index is 1.80. The molecule has 0 spiro atoms. The average Bonchev–Trinajstić information content (AvgIpc) is 3.15. The van der Waals surface area contributed by atoms with Crippen LogP contribution in [-0.2, 0) is 13.1 Å². The summed E-state index contributed by atoms with van der Waals surface area (Å²) in [6, 6.07) is 5.43. The van der Waals surface area contributed by atoms with Gasteiger partial charge in [0.1, 0.15) is 0 Å². The van der Waals surface area contributed by atoms with Crippen LogP contribution in [0.4, 0.5) is 5.69 Å². The van der Waals surface area contributed by atoms with Gasteiger partial charge >= 0.3 is 0 Å². The first-order valence-corrected chi connectivity index (χ1v) is 8.87. The molecule has 0 N–H and O–H groups in total. The molecule has 0 unspecified atom stereocenters. The van der Waals surface area contributed by atoms with Gasteiger partial charge in [0.15, 0.2) is 4.80 Å². The second-order valence-electron chi connectivity index (χ2n) is 5.18. The molecular formula is C16H16Cl2N4S. The Labute approximate surface area is 148 Å². The summed E-state index contributed by atoms with van der Waals surface area (Å²) in [5.41, 5.74) is 2.02. The molecule has 0 fully saturated rings. The maximum Gasteiger partial charge on any atom is 0.190 e. The van der Waals surface area contributed by atoms with Crippen LogP contribution in [0.1, 0.15) is 12.1 Å². The van der Waals surface area contributed by atoms with Gasteiger partial charge in [-0.25, -0.2) is 9.98 Å². The molecule has 2 heterocycles. The predicted octanol–water partition coefficient (Wildman–Crippen LogP) is 4.68. The summed E-state index contributed by atoms with van der Waals surface area (Å²) in [5.74, 6) is 0. The molecule has 0 aliphatic heterocycles. The Kier molecular flexibility index (Phi) is 5.20. The minimum Gasteiger partial charge on any atom is -0.337 e. The molecule has 7 heteroatoms. The fourth-order valence-electron chi connectivity index (χ4n) is 2.27. The van der Waals surface area contributed by atoms with Gasteiger partial charge < -0.3 is 9.13 Å². The molecule has 120 valence electrons. The standard InChI is InChI=1S/C16H16Cl2N4S/c1-12-10-23-16(20-13-3-4-14(17)15(18)9-13)22(12)7-2-6-21-8-5-19-11-21/h3-5,8-11H,2,6-7H2,1H3. The number of hydrogen-bond acceptors (Lipinski definition) is 3. The van der Waals surface area contributed by atoms with Crippen LogP contribution < -0.4 is 4.80 Å². The van der Waals surface area contributed by atoms with E-state index in [0.29, 0.717) is 10.0 Å². The third-order valence-electron chi connectivity index (χ3n) is 3.48. The quantitative estimate of drug-likeness (QED) is 0.645. The number of hydrogen-bond donors (Lipinski definition) is 0. The minimum absolute atomic E-state index is 0.521. The molecule has 1 aromatic carbocycles. The maximum atomic E-state index is 6.06. The third-order valence-corrected chi connectivity index (χ3v) is 5.20. The molecule has 0 radical (unpaired) electrons. The summed E-state index contributed by atoms with van der Waals surface area (Å²) in [6.07, 6.45) is 6.63. The topological polar surface area (TPSA) is 35.1 Å². The van der Waals surface area contributed by atoms with Crippen LogP contribution >= 0.6 is 34.5 Å². The first-order chi connectivity index (χ1) is 11.1. The van der Waals surface area contributed by atoms with E-state index in [1.807, 2.05) is 18.6 Å². The lowest BCUT2D eigenvalue weighted by Crippen LogP contribution is -2.17.